The summed E-state index contributed by atoms with van der Waals surface area (Å²) in [5, 5.41) is 8.61. The number of benzene rings is 2. The largest absolute Gasteiger partial charge is 0.426 e. The topological polar surface area (TPSA) is 50.1 Å². The summed E-state index contributed by atoms with van der Waals surface area (Å²) >= 11 is 0. The number of aryl methyl sites for hydroxylation is 2. The molecule has 0 amide bonds. The van der Waals surface area contributed by atoms with E-state index in [9.17, 15) is 9.18 Å². The molecule has 2 aromatic carbocycles. The number of carbonyl (C=O) groups is 1. The van der Waals surface area contributed by atoms with Crippen LogP contribution in [0.1, 0.15) is 43.7 Å². The Morgan fingerprint density at radius 1 is 1.20 bits per heavy atom. The highest BCUT2D eigenvalue weighted by molar-refractivity contribution is 5.74. The molecular formula is C21H22FNO2. The summed E-state index contributed by atoms with van der Waals surface area (Å²) < 4.78 is 19.5. The highest BCUT2D eigenvalue weighted by Crippen LogP contribution is 2.28. The first-order valence-electron chi connectivity index (χ1n) is 8.52. The molecule has 3 nitrogen and oxygen atoms in total. The summed E-state index contributed by atoms with van der Waals surface area (Å²) in [6.45, 7) is 3.89. The number of nitrogens with zero attached hydrogens (tertiary/aromatic N) is 1. The second-order valence-corrected chi connectivity index (χ2v) is 6.02. The van der Waals surface area contributed by atoms with Crippen LogP contribution in [0.2, 0.25) is 0 Å². The molecule has 0 aliphatic heterocycles. The maximum Gasteiger partial charge on any atom is 0.311 e. The van der Waals surface area contributed by atoms with Gasteiger partial charge in [0.2, 0.25) is 0 Å². The van der Waals surface area contributed by atoms with Crippen molar-refractivity contribution < 1.29 is 13.9 Å². The molecule has 0 aliphatic rings. The van der Waals surface area contributed by atoms with Crippen LogP contribution in [-0.4, -0.2) is 5.97 Å². The van der Waals surface area contributed by atoms with Gasteiger partial charge in [-0.1, -0.05) is 31.5 Å². The summed E-state index contributed by atoms with van der Waals surface area (Å²) in [6.07, 6.45) is 2.88. The van der Waals surface area contributed by atoms with Gasteiger partial charge in [0.05, 0.1) is 6.07 Å². The van der Waals surface area contributed by atoms with E-state index in [0.29, 0.717) is 30.6 Å². The fourth-order valence-corrected chi connectivity index (χ4v) is 2.56. The normalized spacial score (nSPS) is 10.3. The van der Waals surface area contributed by atoms with Gasteiger partial charge in [-0.05, 0) is 60.2 Å². The molecule has 0 atom stereocenters. The number of rotatable bonds is 7. The molecule has 0 N–H and O–H groups in total. The SMILES string of the molecule is CCCCC(=O)Oc1ccc(-c2ccc(CCC#N)c(F)c2)cc1C. The monoisotopic (exact) mass is 339 g/mol. The van der Waals surface area contributed by atoms with E-state index in [0.717, 1.165) is 29.5 Å². The Hall–Kier alpha value is -2.67. The lowest BCUT2D eigenvalue weighted by Crippen LogP contribution is -2.08. The number of halogens is 1. The molecule has 25 heavy (non-hydrogen) atoms. The third-order valence-electron chi connectivity index (χ3n) is 4.03. The first kappa shape index (κ1) is 18.7. The van der Waals surface area contributed by atoms with Gasteiger partial charge in [-0.25, -0.2) is 4.39 Å². The molecule has 0 heterocycles. The molecule has 0 saturated carbocycles. The molecule has 0 aliphatic carbocycles. The standard InChI is InChI=1S/C21H22FNO2/c1-3-4-7-21(24)25-20-11-10-17(13-15(20)2)18-9-8-16(6-5-12-23)19(22)14-18/h8-11,13-14H,3-7H2,1-2H3. The van der Waals surface area contributed by atoms with Crippen LogP contribution in [0.25, 0.3) is 11.1 Å². The first-order valence-corrected chi connectivity index (χ1v) is 8.52. The Morgan fingerprint density at radius 3 is 2.56 bits per heavy atom. The molecule has 4 heteroatoms. The van der Waals surface area contributed by atoms with E-state index in [-0.39, 0.29) is 11.8 Å². The zero-order chi connectivity index (χ0) is 18.2. The Kier molecular flexibility index (Phi) is 6.71. The van der Waals surface area contributed by atoms with E-state index in [1.807, 2.05) is 38.1 Å². The number of unbranched alkanes of at least 4 members (excludes halogenated alkanes) is 1. The maximum absolute atomic E-state index is 14.2. The number of hydrogen-bond acceptors (Lipinski definition) is 3. The number of carbonyl (C=O) groups excluding carboxylic acids is 1. The molecule has 0 saturated heterocycles. The van der Waals surface area contributed by atoms with Crippen LogP contribution in [0.4, 0.5) is 4.39 Å². The summed E-state index contributed by atoms with van der Waals surface area (Å²) in [5.74, 6) is 0.00188. The quantitative estimate of drug-likeness (QED) is 0.504. The minimum atomic E-state index is -0.305. The fourth-order valence-electron chi connectivity index (χ4n) is 2.56. The number of esters is 1. The molecular weight excluding hydrogens is 317 g/mol. The Labute approximate surface area is 148 Å². The van der Waals surface area contributed by atoms with Gasteiger partial charge in [0.25, 0.3) is 0 Å². The number of ether oxygens (including phenoxy) is 1. The van der Waals surface area contributed by atoms with Crippen molar-refractivity contribution in [1.29, 1.82) is 5.26 Å². The highest BCUT2D eigenvalue weighted by atomic mass is 19.1. The number of hydrogen-bond donors (Lipinski definition) is 0. The number of nitriles is 1. The van der Waals surface area contributed by atoms with E-state index in [1.54, 1.807) is 12.1 Å². The molecule has 0 bridgehead atoms. The minimum Gasteiger partial charge on any atom is -0.426 e. The average molecular weight is 339 g/mol. The molecule has 130 valence electrons. The summed E-state index contributed by atoms with van der Waals surface area (Å²) in [5.41, 5.74) is 2.99. The molecule has 2 aromatic rings. The zero-order valence-corrected chi connectivity index (χ0v) is 14.6. The van der Waals surface area contributed by atoms with E-state index in [4.69, 9.17) is 10.00 Å². The van der Waals surface area contributed by atoms with Crippen molar-refractivity contribution in [2.45, 2.75) is 46.0 Å². The second kappa shape index (κ2) is 8.98. The van der Waals surface area contributed by atoms with Crippen LogP contribution < -0.4 is 4.74 Å². The third-order valence-corrected chi connectivity index (χ3v) is 4.03. The molecule has 0 unspecified atom stereocenters. The van der Waals surface area contributed by atoms with E-state index >= 15 is 0 Å². The van der Waals surface area contributed by atoms with Crippen molar-refractivity contribution in [3.8, 4) is 22.9 Å². The molecule has 0 spiro atoms. The maximum atomic E-state index is 14.2. The Bertz CT molecular complexity index is 793. The fraction of sp³-hybridized carbons (Fsp3) is 0.333. The lowest BCUT2D eigenvalue weighted by Gasteiger charge is -2.10. The lowest BCUT2D eigenvalue weighted by atomic mass is 10.00. The van der Waals surface area contributed by atoms with E-state index in [2.05, 4.69) is 0 Å². The van der Waals surface area contributed by atoms with Crippen LogP contribution in [0, 0.1) is 24.1 Å². The average Bonchev–Trinajstić information content (AvgIpc) is 2.60. The van der Waals surface area contributed by atoms with Gasteiger partial charge in [-0.15, -0.1) is 0 Å². The van der Waals surface area contributed by atoms with Gasteiger partial charge in [0, 0.05) is 12.8 Å². The van der Waals surface area contributed by atoms with Gasteiger partial charge in [0.1, 0.15) is 11.6 Å². The van der Waals surface area contributed by atoms with Crippen LogP contribution in [0.3, 0.4) is 0 Å². The summed E-state index contributed by atoms with van der Waals surface area (Å²) in [6, 6.07) is 12.5. The predicted octanol–water partition coefficient (Wildman–Crippen LogP) is 5.35. The van der Waals surface area contributed by atoms with Crippen molar-refractivity contribution in [2.24, 2.45) is 0 Å². The van der Waals surface area contributed by atoms with Gasteiger partial charge < -0.3 is 4.74 Å². The Morgan fingerprint density at radius 2 is 1.92 bits per heavy atom. The molecule has 0 radical (unpaired) electrons. The molecule has 2 rings (SSSR count). The van der Waals surface area contributed by atoms with Crippen molar-refractivity contribution in [2.75, 3.05) is 0 Å². The van der Waals surface area contributed by atoms with Crippen LogP contribution in [0.5, 0.6) is 5.75 Å². The smallest absolute Gasteiger partial charge is 0.311 e. The van der Waals surface area contributed by atoms with Crippen molar-refractivity contribution >= 4 is 5.97 Å². The van der Waals surface area contributed by atoms with Gasteiger partial charge in [0.15, 0.2) is 0 Å². The highest BCUT2D eigenvalue weighted by Gasteiger charge is 2.10. The van der Waals surface area contributed by atoms with Crippen molar-refractivity contribution in [3.63, 3.8) is 0 Å². The minimum absolute atomic E-state index is 0.231. The third kappa shape index (κ3) is 5.15. The summed E-state index contributed by atoms with van der Waals surface area (Å²) in [7, 11) is 0. The van der Waals surface area contributed by atoms with Crippen LogP contribution in [0.15, 0.2) is 36.4 Å². The van der Waals surface area contributed by atoms with Gasteiger partial charge >= 0.3 is 5.97 Å². The second-order valence-electron chi connectivity index (χ2n) is 6.02. The molecule has 0 aromatic heterocycles. The Balaban J connectivity index is 2.16. The van der Waals surface area contributed by atoms with E-state index in [1.165, 1.54) is 6.07 Å². The predicted molar refractivity (Wildman–Crippen MR) is 95.7 cm³/mol. The van der Waals surface area contributed by atoms with Gasteiger partial charge in [-0.3, -0.25) is 4.79 Å². The summed E-state index contributed by atoms with van der Waals surface area (Å²) in [4.78, 5) is 11.8. The van der Waals surface area contributed by atoms with Crippen LogP contribution >= 0.6 is 0 Å². The van der Waals surface area contributed by atoms with Crippen molar-refractivity contribution in [1.82, 2.24) is 0 Å². The van der Waals surface area contributed by atoms with E-state index < -0.39 is 0 Å². The zero-order valence-electron chi connectivity index (χ0n) is 14.6. The molecule has 0 fully saturated rings. The van der Waals surface area contributed by atoms with Crippen LogP contribution in [-0.2, 0) is 11.2 Å². The first-order chi connectivity index (χ1) is 12.0. The lowest BCUT2D eigenvalue weighted by molar-refractivity contribution is -0.134. The van der Waals surface area contributed by atoms with Gasteiger partial charge in [-0.2, -0.15) is 5.26 Å². The van der Waals surface area contributed by atoms with Crippen molar-refractivity contribution in [3.05, 3.63) is 53.3 Å².